The molecule has 3 N–H and O–H groups in total. The van der Waals surface area contributed by atoms with Gasteiger partial charge in [-0.15, -0.1) is 0 Å². The number of aryl methyl sites for hydroxylation is 1. The van der Waals surface area contributed by atoms with E-state index in [1.165, 1.54) is 0 Å². The van der Waals surface area contributed by atoms with Gasteiger partial charge in [0.2, 0.25) is 0 Å². The summed E-state index contributed by atoms with van der Waals surface area (Å²) >= 11 is 0. The molecule has 0 aromatic heterocycles. The third-order valence-corrected chi connectivity index (χ3v) is 3.33. The van der Waals surface area contributed by atoms with Crippen molar-refractivity contribution in [2.24, 2.45) is 0 Å². The van der Waals surface area contributed by atoms with Gasteiger partial charge in [0.05, 0.1) is 4.92 Å². The summed E-state index contributed by atoms with van der Waals surface area (Å²) in [6.45, 7) is 3.69. The van der Waals surface area contributed by atoms with Crippen LogP contribution in [-0.4, -0.2) is 10.0 Å². The molecular formula is C15H17N3O3. The Bertz CT molecular complexity index is 657. The number of hydrogen-bond donors (Lipinski definition) is 3. The number of rotatable bonds is 5. The van der Waals surface area contributed by atoms with Crippen molar-refractivity contribution in [3.63, 3.8) is 0 Å². The van der Waals surface area contributed by atoms with Gasteiger partial charge in [-0.05, 0) is 31.5 Å². The van der Waals surface area contributed by atoms with Crippen molar-refractivity contribution in [2.45, 2.75) is 20.4 Å². The fourth-order valence-corrected chi connectivity index (χ4v) is 2.08. The van der Waals surface area contributed by atoms with Crippen molar-refractivity contribution < 1.29 is 10.0 Å². The predicted molar refractivity (Wildman–Crippen MR) is 81.1 cm³/mol. The first-order chi connectivity index (χ1) is 10.0. The highest BCUT2D eigenvalue weighted by Gasteiger charge is 2.22. The maximum atomic E-state index is 11.1. The van der Waals surface area contributed by atoms with Gasteiger partial charge in [0.25, 0.3) is 0 Å². The zero-order valence-electron chi connectivity index (χ0n) is 11.9. The second-order valence-corrected chi connectivity index (χ2v) is 4.78. The highest BCUT2D eigenvalue weighted by Crippen LogP contribution is 2.35. The van der Waals surface area contributed by atoms with E-state index in [1.807, 2.05) is 30.3 Å². The average molecular weight is 287 g/mol. The molecule has 6 heteroatoms. The topological polar surface area (TPSA) is 87.4 Å². The summed E-state index contributed by atoms with van der Waals surface area (Å²) in [4.78, 5) is 10.5. The molecule has 21 heavy (non-hydrogen) atoms. The van der Waals surface area contributed by atoms with E-state index in [9.17, 15) is 15.2 Å². The van der Waals surface area contributed by atoms with E-state index in [1.54, 1.807) is 19.9 Å². The number of hydrazine groups is 1. The average Bonchev–Trinajstić information content (AvgIpc) is 2.45. The monoisotopic (exact) mass is 287 g/mol. The van der Waals surface area contributed by atoms with Gasteiger partial charge in [0.15, 0.2) is 5.75 Å². The Kier molecular flexibility index (Phi) is 4.39. The number of phenolic OH excluding ortho intramolecular Hbond substituents is 1. The number of phenols is 1. The first-order valence-electron chi connectivity index (χ1n) is 6.51. The van der Waals surface area contributed by atoms with E-state index in [2.05, 4.69) is 10.9 Å². The van der Waals surface area contributed by atoms with Crippen molar-refractivity contribution in [3.8, 4) is 5.75 Å². The molecule has 6 nitrogen and oxygen atoms in total. The Morgan fingerprint density at radius 2 is 1.90 bits per heavy atom. The standard InChI is InChI=1S/C15H17N3O3/c1-10-8-12(15(19)14(11(10)2)18(20)21)9-16-17-13-6-4-3-5-7-13/h3-8,16-17,19H,9H2,1-2H3. The molecule has 0 atom stereocenters. The molecule has 0 aliphatic carbocycles. The van der Waals surface area contributed by atoms with Gasteiger partial charge < -0.3 is 10.5 Å². The van der Waals surface area contributed by atoms with E-state index in [0.29, 0.717) is 11.1 Å². The summed E-state index contributed by atoms with van der Waals surface area (Å²) in [6.07, 6.45) is 0. The quantitative estimate of drug-likeness (QED) is 0.581. The maximum Gasteiger partial charge on any atom is 0.314 e. The SMILES string of the molecule is Cc1cc(CNNc2ccccc2)c(O)c([N+](=O)[O-])c1C. The van der Waals surface area contributed by atoms with Gasteiger partial charge in [-0.3, -0.25) is 10.1 Å². The fourth-order valence-electron chi connectivity index (χ4n) is 2.08. The molecule has 2 aromatic carbocycles. The van der Waals surface area contributed by atoms with Crippen LogP contribution < -0.4 is 10.9 Å². The minimum Gasteiger partial charge on any atom is -0.502 e. The number of aromatic hydroxyl groups is 1. The molecule has 2 aromatic rings. The van der Waals surface area contributed by atoms with Crippen LogP contribution in [0.1, 0.15) is 16.7 Å². The molecule has 0 heterocycles. The summed E-state index contributed by atoms with van der Waals surface area (Å²) in [7, 11) is 0. The lowest BCUT2D eigenvalue weighted by molar-refractivity contribution is -0.386. The Balaban J connectivity index is 2.15. The molecule has 0 radical (unpaired) electrons. The predicted octanol–water partition coefficient (Wildman–Crippen LogP) is 3.03. The zero-order chi connectivity index (χ0) is 15.4. The van der Waals surface area contributed by atoms with Gasteiger partial charge >= 0.3 is 5.69 Å². The van der Waals surface area contributed by atoms with E-state index in [0.717, 1.165) is 11.3 Å². The van der Waals surface area contributed by atoms with E-state index in [4.69, 9.17) is 0 Å². The van der Waals surface area contributed by atoms with Gasteiger partial charge in [-0.25, -0.2) is 5.43 Å². The lowest BCUT2D eigenvalue weighted by atomic mass is 10.0. The maximum absolute atomic E-state index is 11.1. The van der Waals surface area contributed by atoms with Crippen molar-refractivity contribution >= 4 is 11.4 Å². The van der Waals surface area contributed by atoms with Crippen LogP contribution in [0.25, 0.3) is 0 Å². The first kappa shape index (κ1) is 14.8. The van der Waals surface area contributed by atoms with Gasteiger partial charge in [-0.2, -0.15) is 0 Å². The Labute approximate surface area is 122 Å². The highest BCUT2D eigenvalue weighted by molar-refractivity contribution is 5.59. The molecule has 0 spiro atoms. The molecule has 110 valence electrons. The van der Waals surface area contributed by atoms with Crippen LogP contribution in [0, 0.1) is 24.0 Å². The highest BCUT2D eigenvalue weighted by atomic mass is 16.6. The second-order valence-electron chi connectivity index (χ2n) is 4.78. The number of nitrogens with one attached hydrogen (secondary N) is 2. The van der Waals surface area contributed by atoms with Crippen LogP contribution in [0.4, 0.5) is 11.4 Å². The lowest BCUT2D eigenvalue weighted by Gasteiger charge is -2.12. The van der Waals surface area contributed by atoms with Crippen LogP contribution in [-0.2, 0) is 6.54 Å². The molecule has 0 unspecified atom stereocenters. The Hall–Kier alpha value is -2.60. The molecule has 0 saturated carbocycles. The van der Waals surface area contributed by atoms with Crippen LogP contribution in [0.15, 0.2) is 36.4 Å². The minimum absolute atomic E-state index is 0.230. The smallest absolute Gasteiger partial charge is 0.314 e. The van der Waals surface area contributed by atoms with Crippen molar-refractivity contribution in [3.05, 3.63) is 63.2 Å². The summed E-state index contributed by atoms with van der Waals surface area (Å²) in [5, 5.41) is 21.1. The van der Waals surface area contributed by atoms with Crippen molar-refractivity contribution in [2.75, 3.05) is 5.43 Å². The van der Waals surface area contributed by atoms with Gasteiger partial charge in [0.1, 0.15) is 0 Å². The lowest BCUT2D eigenvalue weighted by Crippen LogP contribution is -2.21. The van der Waals surface area contributed by atoms with Crippen molar-refractivity contribution in [1.29, 1.82) is 0 Å². The normalized spacial score (nSPS) is 10.4. The van der Waals surface area contributed by atoms with Crippen LogP contribution in [0.5, 0.6) is 5.75 Å². The molecule has 2 rings (SSSR count). The van der Waals surface area contributed by atoms with E-state index < -0.39 is 4.92 Å². The van der Waals surface area contributed by atoms with E-state index >= 15 is 0 Å². The van der Waals surface area contributed by atoms with Crippen LogP contribution in [0.2, 0.25) is 0 Å². The summed E-state index contributed by atoms with van der Waals surface area (Å²) in [5.41, 5.74) is 8.29. The van der Waals surface area contributed by atoms with Crippen LogP contribution in [0.3, 0.4) is 0 Å². The Morgan fingerprint density at radius 3 is 2.52 bits per heavy atom. The third kappa shape index (κ3) is 3.29. The molecule has 0 aliphatic heterocycles. The largest absolute Gasteiger partial charge is 0.502 e. The first-order valence-corrected chi connectivity index (χ1v) is 6.51. The van der Waals surface area contributed by atoms with Gasteiger partial charge in [0, 0.05) is 23.4 Å². The number of nitro benzene ring substituents is 1. The number of benzene rings is 2. The zero-order valence-corrected chi connectivity index (χ0v) is 11.9. The molecule has 0 amide bonds. The molecule has 0 saturated heterocycles. The van der Waals surface area contributed by atoms with E-state index in [-0.39, 0.29) is 18.0 Å². The number of hydrogen-bond acceptors (Lipinski definition) is 5. The van der Waals surface area contributed by atoms with Gasteiger partial charge in [-0.1, -0.05) is 24.3 Å². The summed E-state index contributed by atoms with van der Waals surface area (Å²) < 4.78 is 0. The Morgan fingerprint density at radius 1 is 1.24 bits per heavy atom. The summed E-state index contributed by atoms with van der Waals surface area (Å²) in [5.74, 6) is -0.287. The summed E-state index contributed by atoms with van der Waals surface area (Å²) in [6, 6.07) is 11.2. The number of nitro groups is 1. The van der Waals surface area contributed by atoms with Crippen LogP contribution >= 0.6 is 0 Å². The molecular weight excluding hydrogens is 270 g/mol. The number of anilines is 1. The molecule has 0 aliphatic rings. The number of nitrogens with zero attached hydrogens (tertiary/aromatic N) is 1. The third-order valence-electron chi connectivity index (χ3n) is 3.33. The second kappa shape index (κ2) is 6.23. The number of para-hydroxylation sites is 1. The minimum atomic E-state index is -0.550. The van der Waals surface area contributed by atoms with Crippen molar-refractivity contribution in [1.82, 2.24) is 5.43 Å². The fraction of sp³-hybridized carbons (Fsp3) is 0.200. The molecule has 0 bridgehead atoms. The molecule has 0 fully saturated rings.